The van der Waals surface area contributed by atoms with Gasteiger partial charge in [0.05, 0.1) is 0 Å². The van der Waals surface area contributed by atoms with Crippen LogP contribution in [0.3, 0.4) is 0 Å². The quantitative estimate of drug-likeness (QED) is 0.669. The van der Waals surface area contributed by atoms with E-state index < -0.39 is 0 Å². The van der Waals surface area contributed by atoms with Gasteiger partial charge < -0.3 is 0 Å². The fourth-order valence-electron chi connectivity index (χ4n) is 2.53. The lowest BCUT2D eigenvalue weighted by Gasteiger charge is -2.27. The van der Waals surface area contributed by atoms with Crippen LogP contribution in [0.5, 0.6) is 0 Å². The molecule has 0 saturated heterocycles. The van der Waals surface area contributed by atoms with E-state index in [0.717, 1.165) is 18.4 Å². The maximum absolute atomic E-state index is 13.2. The molecule has 0 aliphatic heterocycles. The second-order valence-electron chi connectivity index (χ2n) is 4.84. The number of alkyl halides is 1. The van der Waals surface area contributed by atoms with Crippen molar-refractivity contribution in [3.05, 3.63) is 35.1 Å². The largest absolute Gasteiger partial charge is 0.207 e. The highest BCUT2D eigenvalue weighted by Crippen LogP contribution is 2.31. The van der Waals surface area contributed by atoms with Crippen molar-refractivity contribution < 1.29 is 4.39 Å². The molecular formula is C14H18ClF. The molecule has 88 valence electrons. The topological polar surface area (TPSA) is 0 Å². The second kappa shape index (κ2) is 5.18. The first-order chi connectivity index (χ1) is 7.66. The summed E-state index contributed by atoms with van der Waals surface area (Å²) in [5.41, 5.74) is 2.30. The Morgan fingerprint density at radius 2 is 2.06 bits per heavy atom. The monoisotopic (exact) mass is 240 g/mol. The first-order valence-corrected chi connectivity index (χ1v) is 6.49. The van der Waals surface area contributed by atoms with Crippen LogP contribution in [0.15, 0.2) is 18.2 Å². The summed E-state index contributed by atoms with van der Waals surface area (Å²) in [4.78, 5) is 0. The molecule has 1 aliphatic carbocycles. The highest BCUT2D eigenvalue weighted by atomic mass is 35.5. The van der Waals surface area contributed by atoms with Crippen LogP contribution in [-0.2, 0) is 6.42 Å². The van der Waals surface area contributed by atoms with E-state index in [1.54, 1.807) is 6.07 Å². The van der Waals surface area contributed by atoms with E-state index in [1.807, 2.05) is 13.0 Å². The molecule has 2 rings (SSSR count). The standard InChI is InChI=1S/C14H18ClF/c1-10-6-7-13(16)9-12(10)8-11-4-2-3-5-14(11)15/h6-7,9,11,14H,2-5,8H2,1H3. The van der Waals surface area contributed by atoms with Crippen LogP contribution in [0.1, 0.15) is 36.8 Å². The Kier molecular flexibility index (Phi) is 3.86. The summed E-state index contributed by atoms with van der Waals surface area (Å²) < 4.78 is 13.2. The van der Waals surface area contributed by atoms with E-state index in [-0.39, 0.29) is 11.2 Å². The van der Waals surface area contributed by atoms with E-state index in [2.05, 4.69) is 0 Å². The molecule has 0 aromatic heterocycles. The number of hydrogen-bond acceptors (Lipinski definition) is 0. The van der Waals surface area contributed by atoms with E-state index in [9.17, 15) is 4.39 Å². The van der Waals surface area contributed by atoms with Crippen molar-refractivity contribution in [3.8, 4) is 0 Å². The van der Waals surface area contributed by atoms with Gasteiger partial charge in [0.25, 0.3) is 0 Å². The van der Waals surface area contributed by atoms with E-state index in [4.69, 9.17) is 11.6 Å². The second-order valence-corrected chi connectivity index (χ2v) is 5.40. The molecule has 1 aromatic carbocycles. The fraction of sp³-hybridized carbons (Fsp3) is 0.571. The minimum absolute atomic E-state index is 0.137. The molecule has 2 heteroatoms. The predicted molar refractivity (Wildman–Crippen MR) is 66.4 cm³/mol. The van der Waals surface area contributed by atoms with Gasteiger partial charge in [0.2, 0.25) is 0 Å². The van der Waals surface area contributed by atoms with Gasteiger partial charge in [0, 0.05) is 5.38 Å². The van der Waals surface area contributed by atoms with E-state index in [1.165, 1.54) is 30.9 Å². The molecule has 1 aliphatic rings. The average molecular weight is 241 g/mol. The van der Waals surface area contributed by atoms with E-state index in [0.29, 0.717) is 5.92 Å². The first-order valence-electron chi connectivity index (χ1n) is 6.06. The van der Waals surface area contributed by atoms with Gasteiger partial charge in [-0.3, -0.25) is 0 Å². The molecule has 0 heterocycles. The first kappa shape index (κ1) is 11.9. The summed E-state index contributed by atoms with van der Waals surface area (Å²) in [7, 11) is 0. The molecule has 0 radical (unpaired) electrons. The summed E-state index contributed by atoms with van der Waals surface area (Å²) >= 11 is 6.33. The van der Waals surface area contributed by atoms with Crippen molar-refractivity contribution in [3.63, 3.8) is 0 Å². The van der Waals surface area contributed by atoms with Crippen molar-refractivity contribution in [2.45, 2.75) is 44.4 Å². The Bertz CT molecular complexity index is 362. The summed E-state index contributed by atoms with van der Waals surface area (Å²) in [6, 6.07) is 5.04. The molecule has 1 fully saturated rings. The normalized spacial score (nSPS) is 25.7. The molecule has 0 bridgehead atoms. The minimum Gasteiger partial charge on any atom is -0.207 e. The third kappa shape index (κ3) is 2.76. The lowest BCUT2D eigenvalue weighted by molar-refractivity contribution is 0.363. The van der Waals surface area contributed by atoms with Crippen LogP contribution in [0.2, 0.25) is 0 Å². The molecule has 1 saturated carbocycles. The highest BCUT2D eigenvalue weighted by Gasteiger charge is 2.23. The molecule has 2 unspecified atom stereocenters. The zero-order chi connectivity index (χ0) is 11.5. The molecule has 2 atom stereocenters. The van der Waals surface area contributed by atoms with Crippen molar-refractivity contribution in [2.75, 3.05) is 0 Å². The Morgan fingerprint density at radius 1 is 1.31 bits per heavy atom. The molecular weight excluding hydrogens is 223 g/mol. The molecule has 0 spiro atoms. The Hall–Kier alpha value is -0.560. The Balaban J connectivity index is 2.10. The van der Waals surface area contributed by atoms with Crippen molar-refractivity contribution in [1.82, 2.24) is 0 Å². The molecule has 0 nitrogen and oxygen atoms in total. The highest BCUT2D eigenvalue weighted by molar-refractivity contribution is 6.20. The van der Waals surface area contributed by atoms with Crippen LogP contribution in [-0.4, -0.2) is 5.38 Å². The average Bonchev–Trinajstić information content (AvgIpc) is 2.27. The van der Waals surface area contributed by atoms with Crippen molar-refractivity contribution in [2.24, 2.45) is 5.92 Å². The number of hydrogen-bond donors (Lipinski definition) is 0. The van der Waals surface area contributed by atoms with Crippen molar-refractivity contribution in [1.29, 1.82) is 0 Å². The lowest BCUT2D eigenvalue weighted by Crippen LogP contribution is -2.22. The molecule has 1 aromatic rings. The number of rotatable bonds is 2. The SMILES string of the molecule is Cc1ccc(F)cc1CC1CCCCC1Cl. The summed E-state index contributed by atoms with van der Waals surface area (Å²) in [5, 5.41) is 0.274. The smallest absolute Gasteiger partial charge is 0.123 e. The lowest BCUT2D eigenvalue weighted by atomic mass is 9.83. The van der Waals surface area contributed by atoms with Crippen LogP contribution in [0, 0.1) is 18.7 Å². The van der Waals surface area contributed by atoms with Gasteiger partial charge in [0.15, 0.2) is 0 Å². The third-order valence-electron chi connectivity index (χ3n) is 3.61. The number of aryl methyl sites for hydroxylation is 1. The van der Waals surface area contributed by atoms with Gasteiger partial charge in [-0.1, -0.05) is 18.9 Å². The van der Waals surface area contributed by atoms with Crippen LogP contribution >= 0.6 is 11.6 Å². The van der Waals surface area contributed by atoms with Gasteiger partial charge in [-0.2, -0.15) is 0 Å². The summed E-state index contributed by atoms with van der Waals surface area (Å²) in [5.74, 6) is 0.387. The van der Waals surface area contributed by atoms with Crippen LogP contribution in [0.25, 0.3) is 0 Å². The fourth-order valence-corrected chi connectivity index (χ4v) is 2.90. The molecule has 0 amide bonds. The summed E-state index contributed by atoms with van der Waals surface area (Å²) in [6.45, 7) is 2.04. The summed E-state index contributed by atoms with van der Waals surface area (Å²) in [6.07, 6.45) is 5.73. The molecule has 16 heavy (non-hydrogen) atoms. The van der Waals surface area contributed by atoms with Crippen LogP contribution < -0.4 is 0 Å². The predicted octanol–water partition coefficient (Wildman–Crippen LogP) is 4.47. The number of halogens is 2. The number of benzene rings is 1. The van der Waals surface area contributed by atoms with Gasteiger partial charge >= 0.3 is 0 Å². The maximum atomic E-state index is 13.2. The minimum atomic E-state index is -0.137. The third-order valence-corrected chi connectivity index (χ3v) is 4.18. The van der Waals surface area contributed by atoms with Crippen LogP contribution in [0.4, 0.5) is 4.39 Å². The van der Waals surface area contributed by atoms with Gasteiger partial charge in [-0.25, -0.2) is 4.39 Å². The Morgan fingerprint density at radius 3 is 2.81 bits per heavy atom. The maximum Gasteiger partial charge on any atom is 0.123 e. The molecule has 0 N–H and O–H groups in total. The van der Waals surface area contributed by atoms with Crippen molar-refractivity contribution >= 4 is 11.6 Å². The zero-order valence-corrected chi connectivity index (χ0v) is 10.4. The Labute approximate surface area is 102 Å². The van der Waals surface area contributed by atoms with Gasteiger partial charge in [0.1, 0.15) is 5.82 Å². The zero-order valence-electron chi connectivity index (χ0n) is 9.68. The van der Waals surface area contributed by atoms with Gasteiger partial charge in [-0.15, -0.1) is 11.6 Å². The van der Waals surface area contributed by atoms with Gasteiger partial charge in [-0.05, 0) is 55.4 Å². The van der Waals surface area contributed by atoms with E-state index >= 15 is 0 Å².